The lowest BCUT2D eigenvalue weighted by Crippen LogP contribution is -2.18. The first kappa shape index (κ1) is 16.1. The zero-order valence-electron chi connectivity index (χ0n) is 12.1. The molecule has 5 heteroatoms. The number of hydrogen-bond donors (Lipinski definition) is 1. The average Bonchev–Trinajstić information content (AvgIpc) is 2.51. The summed E-state index contributed by atoms with van der Waals surface area (Å²) in [4.78, 5) is 0. The first-order chi connectivity index (χ1) is 10.1. The Balaban J connectivity index is 2.49. The lowest BCUT2D eigenvalue weighted by atomic mass is 9.98. The molecule has 0 aromatic heterocycles. The Labute approximate surface area is 138 Å². The Kier molecular flexibility index (Phi) is 5.51. The second-order valence-electron chi connectivity index (χ2n) is 4.50. The fraction of sp³-hybridized carbons (Fsp3) is 0.250. The quantitative estimate of drug-likeness (QED) is 0.844. The fourth-order valence-corrected chi connectivity index (χ4v) is 2.90. The van der Waals surface area contributed by atoms with Crippen LogP contribution in [0.15, 0.2) is 40.9 Å². The van der Waals surface area contributed by atoms with Crippen molar-refractivity contribution >= 4 is 27.5 Å². The standard InChI is InChI=1S/C16H17BrClNO2/c1-19-16(10-4-7-14(18)15(8-10)21-3)12-9-11(20-2)5-6-13(12)17/h4-9,16,19H,1-3H3. The van der Waals surface area contributed by atoms with E-state index in [1.54, 1.807) is 14.2 Å². The first-order valence-corrected chi connectivity index (χ1v) is 7.62. The van der Waals surface area contributed by atoms with Crippen LogP contribution in [-0.4, -0.2) is 21.3 Å². The number of ether oxygens (including phenoxy) is 2. The minimum atomic E-state index is 0.000594. The molecule has 1 atom stereocenters. The van der Waals surface area contributed by atoms with Crippen molar-refractivity contribution in [3.8, 4) is 11.5 Å². The van der Waals surface area contributed by atoms with E-state index in [0.717, 1.165) is 21.3 Å². The Morgan fingerprint density at radius 1 is 1.10 bits per heavy atom. The third kappa shape index (κ3) is 3.51. The average molecular weight is 371 g/mol. The van der Waals surface area contributed by atoms with Crippen LogP contribution in [0.3, 0.4) is 0 Å². The number of nitrogens with one attached hydrogen (secondary N) is 1. The van der Waals surface area contributed by atoms with E-state index in [1.165, 1.54) is 0 Å². The van der Waals surface area contributed by atoms with Crippen molar-refractivity contribution < 1.29 is 9.47 Å². The van der Waals surface area contributed by atoms with Crippen LogP contribution in [0.2, 0.25) is 5.02 Å². The summed E-state index contributed by atoms with van der Waals surface area (Å²) in [5, 5.41) is 3.91. The second-order valence-corrected chi connectivity index (χ2v) is 5.76. The molecule has 0 aliphatic carbocycles. The van der Waals surface area contributed by atoms with E-state index in [9.17, 15) is 0 Å². The molecule has 2 rings (SSSR count). The molecule has 0 bridgehead atoms. The molecule has 0 saturated carbocycles. The minimum Gasteiger partial charge on any atom is -0.497 e. The topological polar surface area (TPSA) is 30.5 Å². The van der Waals surface area contributed by atoms with Crippen molar-refractivity contribution in [3.05, 3.63) is 57.0 Å². The van der Waals surface area contributed by atoms with Crippen LogP contribution in [0.4, 0.5) is 0 Å². The van der Waals surface area contributed by atoms with Crippen molar-refractivity contribution in [1.82, 2.24) is 5.32 Å². The molecule has 0 aliphatic heterocycles. The van der Waals surface area contributed by atoms with E-state index in [2.05, 4.69) is 21.2 Å². The number of halogens is 2. The van der Waals surface area contributed by atoms with Crippen LogP contribution in [0, 0.1) is 0 Å². The molecule has 1 N–H and O–H groups in total. The molecule has 0 radical (unpaired) electrons. The van der Waals surface area contributed by atoms with Gasteiger partial charge in [0.15, 0.2) is 0 Å². The Morgan fingerprint density at radius 3 is 2.48 bits per heavy atom. The van der Waals surface area contributed by atoms with Gasteiger partial charge in [0.2, 0.25) is 0 Å². The van der Waals surface area contributed by atoms with Crippen molar-refractivity contribution in [1.29, 1.82) is 0 Å². The number of hydrogen-bond acceptors (Lipinski definition) is 3. The zero-order valence-corrected chi connectivity index (χ0v) is 14.5. The monoisotopic (exact) mass is 369 g/mol. The summed E-state index contributed by atoms with van der Waals surface area (Å²) < 4.78 is 11.6. The molecule has 0 saturated heterocycles. The fourth-order valence-electron chi connectivity index (χ4n) is 2.23. The molecule has 0 amide bonds. The highest BCUT2D eigenvalue weighted by Gasteiger charge is 2.17. The van der Waals surface area contributed by atoms with E-state index in [4.69, 9.17) is 21.1 Å². The van der Waals surface area contributed by atoms with E-state index in [-0.39, 0.29) is 6.04 Å². The Hall–Kier alpha value is -1.23. The highest BCUT2D eigenvalue weighted by Crippen LogP contribution is 2.34. The second kappa shape index (κ2) is 7.16. The number of methoxy groups -OCH3 is 2. The SMILES string of the molecule is CNC(c1ccc(Cl)c(OC)c1)c1cc(OC)ccc1Br. The van der Waals surface area contributed by atoms with Gasteiger partial charge in [-0.15, -0.1) is 0 Å². The van der Waals surface area contributed by atoms with Gasteiger partial charge in [-0.3, -0.25) is 0 Å². The van der Waals surface area contributed by atoms with E-state index >= 15 is 0 Å². The van der Waals surface area contributed by atoms with Gasteiger partial charge in [0.05, 0.1) is 25.3 Å². The molecule has 0 fully saturated rings. The minimum absolute atomic E-state index is 0.000594. The van der Waals surface area contributed by atoms with Crippen LogP contribution in [0.1, 0.15) is 17.2 Å². The van der Waals surface area contributed by atoms with Crippen molar-refractivity contribution in [3.63, 3.8) is 0 Å². The van der Waals surface area contributed by atoms with Crippen molar-refractivity contribution in [2.45, 2.75) is 6.04 Å². The molecular formula is C16H17BrClNO2. The van der Waals surface area contributed by atoms with Crippen LogP contribution in [0.25, 0.3) is 0 Å². The third-order valence-electron chi connectivity index (χ3n) is 3.31. The van der Waals surface area contributed by atoms with Gasteiger partial charge in [-0.05, 0) is 48.5 Å². The van der Waals surface area contributed by atoms with Gasteiger partial charge in [0.1, 0.15) is 11.5 Å². The largest absolute Gasteiger partial charge is 0.497 e. The van der Waals surface area contributed by atoms with Gasteiger partial charge in [-0.1, -0.05) is 33.6 Å². The predicted octanol–water partition coefficient (Wildman–Crippen LogP) is 4.43. The van der Waals surface area contributed by atoms with Gasteiger partial charge in [0.25, 0.3) is 0 Å². The normalized spacial score (nSPS) is 12.0. The molecule has 2 aromatic rings. The van der Waals surface area contributed by atoms with Crippen molar-refractivity contribution in [2.75, 3.05) is 21.3 Å². The molecule has 2 aromatic carbocycles. The van der Waals surface area contributed by atoms with Gasteiger partial charge in [-0.2, -0.15) is 0 Å². The smallest absolute Gasteiger partial charge is 0.137 e. The first-order valence-electron chi connectivity index (χ1n) is 6.44. The molecule has 3 nitrogen and oxygen atoms in total. The lowest BCUT2D eigenvalue weighted by molar-refractivity contribution is 0.412. The maximum absolute atomic E-state index is 6.09. The van der Waals surface area contributed by atoms with Crippen LogP contribution in [-0.2, 0) is 0 Å². The van der Waals surface area contributed by atoms with Gasteiger partial charge < -0.3 is 14.8 Å². The summed E-state index contributed by atoms with van der Waals surface area (Å²) in [7, 11) is 5.19. The summed E-state index contributed by atoms with van der Waals surface area (Å²) in [6, 6.07) is 11.7. The van der Waals surface area contributed by atoms with E-state index in [1.807, 2.05) is 43.4 Å². The molecule has 112 valence electrons. The summed E-state index contributed by atoms with van der Waals surface area (Å²) in [6.45, 7) is 0. The van der Waals surface area contributed by atoms with Gasteiger partial charge >= 0.3 is 0 Å². The van der Waals surface area contributed by atoms with Gasteiger partial charge in [0, 0.05) is 4.47 Å². The molecule has 0 spiro atoms. The van der Waals surface area contributed by atoms with Crippen LogP contribution in [0.5, 0.6) is 11.5 Å². The van der Waals surface area contributed by atoms with Gasteiger partial charge in [-0.25, -0.2) is 0 Å². The molecule has 0 heterocycles. The molecular weight excluding hydrogens is 354 g/mol. The molecule has 1 unspecified atom stereocenters. The number of benzene rings is 2. The maximum atomic E-state index is 6.09. The Morgan fingerprint density at radius 2 is 1.86 bits per heavy atom. The highest BCUT2D eigenvalue weighted by atomic mass is 79.9. The summed E-state index contributed by atoms with van der Waals surface area (Å²) in [5.41, 5.74) is 2.15. The van der Waals surface area contributed by atoms with Crippen LogP contribution < -0.4 is 14.8 Å². The third-order valence-corrected chi connectivity index (χ3v) is 4.35. The Bertz CT molecular complexity index is 634. The highest BCUT2D eigenvalue weighted by molar-refractivity contribution is 9.10. The summed E-state index contributed by atoms with van der Waals surface area (Å²) >= 11 is 9.69. The van der Waals surface area contributed by atoms with E-state index < -0.39 is 0 Å². The summed E-state index contributed by atoms with van der Waals surface area (Å²) in [5.74, 6) is 1.47. The predicted molar refractivity (Wildman–Crippen MR) is 89.6 cm³/mol. The number of rotatable bonds is 5. The van der Waals surface area contributed by atoms with Crippen LogP contribution >= 0.6 is 27.5 Å². The van der Waals surface area contributed by atoms with Crippen molar-refractivity contribution in [2.24, 2.45) is 0 Å². The van der Waals surface area contributed by atoms with E-state index in [0.29, 0.717) is 10.8 Å². The molecule has 21 heavy (non-hydrogen) atoms. The molecule has 0 aliphatic rings. The zero-order chi connectivity index (χ0) is 15.4. The maximum Gasteiger partial charge on any atom is 0.137 e. The lowest BCUT2D eigenvalue weighted by Gasteiger charge is -2.20. The summed E-state index contributed by atoms with van der Waals surface area (Å²) in [6.07, 6.45) is 0.